The Balaban J connectivity index is 1.64. The lowest BCUT2D eigenvalue weighted by molar-refractivity contribution is -0.140. The molecule has 3 rings (SSSR count). The van der Waals surface area contributed by atoms with Gasteiger partial charge in [-0.1, -0.05) is 0 Å². The smallest absolute Gasteiger partial charge is 0.410 e. The Labute approximate surface area is 209 Å². The van der Waals surface area contributed by atoms with Gasteiger partial charge in [0.2, 0.25) is 0 Å². The van der Waals surface area contributed by atoms with Crippen molar-refractivity contribution in [1.29, 1.82) is 0 Å². The Bertz CT molecular complexity index is 1010. The Morgan fingerprint density at radius 1 is 1.08 bits per heavy atom. The number of rotatable bonds is 6. The average Bonchev–Trinajstić information content (AvgIpc) is 2.85. The summed E-state index contributed by atoms with van der Waals surface area (Å²) in [6.07, 6.45) is 1.10. The van der Waals surface area contributed by atoms with E-state index in [0.29, 0.717) is 32.5 Å². The quantitative estimate of drug-likeness (QED) is 0.423. The number of hydrogen-bond acceptors (Lipinski definition) is 9. The van der Waals surface area contributed by atoms with Crippen molar-refractivity contribution < 1.29 is 42.5 Å². The summed E-state index contributed by atoms with van der Waals surface area (Å²) in [6.45, 7) is 6.65. The van der Waals surface area contributed by atoms with E-state index in [1.807, 2.05) is 20.8 Å². The lowest BCUT2D eigenvalue weighted by atomic mass is 9.98. The molecule has 1 aromatic carbocycles. The molecule has 0 unspecified atom stereocenters. The molecule has 1 fully saturated rings. The van der Waals surface area contributed by atoms with E-state index in [1.165, 1.54) is 31.3 Å². The highest BCUT2D eigenvalue weighted by Gasteiger charge is 2.33. The van der Waals surface area contributed by atoms with E-state index < -0.39 is 23.4 Å². The molecule has 1 amide bonds. The number of carbonyl (C=O) groups is 3. The number of likely N-dealkylation sites (tertiary alicyclic amines) is 1. The fraction of sp³-hybridized carbons (Fsp3) is 0.560. The lowest BCUT2D eigenvalue weighted by Gasteiger charge is -2.33. The summed E-state index contributed by atoms with van der Waals surface area (Å²) in [5, 5.41) is 0. The third-order valence-electron chi connectivity index (χ3n) is 5.80. The predicted molar refractivity (Wildman–Crippen MR) is 127 cm³/mol. The zero-order valence-corrected chi connectivity index (χ0v) is 21.3. The minimum absolute atomic E-state index is 0.0194. The molecule has 0 bridgehead atoms. The summed E-state index contributed by atoms with van der Waals surface area (Å²) in [5.74, 6) is -1.92. The van der Waals surface area contributed by atoms with Crippen LogP contribution in [-0.2, 0) is 28.5 Å². The molecular formula is C25H33FN2O8. The number of methoxy groups -OCH3 is 2. The van der Waals surface area contributed by atoms with Crippen molar-refractivity contribution in [2.24, 2.45) is 5.92 Å². The highest BCUT2D eigenvalue weighted by atomic mass is 19.1. The molecule has 2 aliphatic heterocycles. The number of ether oxygens (including phenoxy) is 5. The van der Waals surface area contributed by atoms with Gasteiger partial charge in [-0.2, -0.15) is 0 Å². The van der Waals surface area contributed by atoms with Gasteiger partial charge < -0.3 is 33.5 Å². The van der Waals surface area contributed by atoms with Gasteiger partial charge in [-0.25, -0.2) is 18.8 Å². The Kier molecular flexibility index (Phi) is 8.78. The molecule has 0 atom stereocenters. The van der Waals surface area contributed by atoms with Crippen LogP contribution in [0.25, 0.3) is 0 Å². The molecular weight excluding hydrogens is 475 g/mol. The van der Waals surface area contributed by atoms with E-state index in [1.54, 1.807) is 11.0 Å². The minimum atomic E-state index is -0.767. The summed E-state index contributed by atoms with van der Waals surface area (Å²) in [4.78, 5) is 39.8. The van der Waals surface area contributed by atoms with Gasteiger partial charge in [-0.15, -0.1) is 0 Å². The maximum absolute atomic E-state index is 14.9. The maximum atomic E-state index is 14.9. The first kappa shape index (κ1) is 27.3. The zero-order chi connectivity index (χ0) is 26.5. The minimum Gasteiger partial charge on any atom is -0.490 e. The van der Waals surface area contributed by atoms with Gasteiger partial charge in [0.1, 0.15) is 18.0 Å². The van der Waals surface area contributed by atoms with Gasteiger partial charge in [-0.3, -0.25) is 0 Å². The standard InChI is InChI=1S/C25H33FN2O8/c1-25(2,3)36-24(31)27-10-8-16(9-11-27)13-35-20-7-6-17(12-19(20)26)28-15-34-14-18(22(29)32-4)21(28)23(30)33-5/h6-7,12,16H,8-11,13-15H2,1-5H3. The number of piperidine rings is 1. The first-order chi connectivity index (χ1) is 17.0. The van der Waals surface area contributed by atoms with Gasteiger partial charge in [-0.05, 0) is 51.7 Å². The summed E-state index contributed by atoms with van der Waals surface area (Å²) in [5.41, 5.74) is -0.350. The van der Waals surface area contributed by atoms with Gasteiger partial charge in [0.15, 0.2) is 11.6 Å². The number of halogens is 1. The van der Waals surface area contributed by atoms with Gasteiger partial charge in [0.05, 0.1) is 33.0 Å². The van der Waals surface area contributed by atoms with Crippen molar-refractivity contribution in [3.8, 4) is 5.75 Å². The number of nitrogens with zero attached hydrogens (tertiary/aromatic N) is 2. The Morgan fingerprint density at radius 3 is 2.33 bits per heavy atom. The van der Waals surface area contributed by atoms with Crippen LogP contribution in [0, 0.1) is 11.7 Å². The maximum Gasteiger partial charge on any atom is 0.410 e. The van der Waals surface area contributed by atoms with Crippen LogP contribution in [0.3, 0.4) is 0 Å². The van der Waals surface area contributed by atoms with Crippen LogP contribution in [0.15, 0.2) is 29.5 Å². The van der Waals surface area contributed by atoms with Crippen LogP contribution in [0.1, 0.15) is 33.6 Å². The number of carbonyl (C=O) groups excluding carboxylic acids is 3. The van der Waals surface area contributed by atoms with Gasteiger partial charge >= 0.3 is 18.0 Å². The number of amides is 1. The molecule has 0 aromatic heterocycles. The van der Waals surface area contributed by atoms with Crippen molar-refractivity contribution in [1.82, 2.24) is 4.90 Å². The average molecular weight is 509 g/mol. The first-order valence-corrected chi connectivity index (χ1v) is 11.7. The van der Waals surface area contributed by atoms with Crippen LogP contribution >= 0.6 is 0 Å². The molecule has 198 valence electrons. The molecule has 11 heteroatoms. The second-order valence-electron chi connectivity index (χ2n) is 9.55. The highest BCUT2D eigenvalue weighted by molar-refractivity contribution is 6.03. The molecule has 0 spiro atoms. The summed E-state index contributed by atoms with van der Waals surface area (Å²) < 4.78 is 41.0. The lowest BCUT2D eigenvalue weighted by Crippen LogP contribution is -2.42. The van der Waals surface area contributed by atoms with E-state index in [2.05, 4.69) is 0 Å². The number of hydrogen-bond donors (Lipinski definition) is 0. The molecule has 2 aliphatic rings. The van der Waals surface area contributed by atoms with Crippen LogP contribution in [0.2, 0.25) is 0 Å². The summed E-state index contributed by atoms with van der Waals surface area (Å²) in [7, 11) is 2.38. The molecule has 0 radical (unpaired) electrons. The van der Waals surface area contributed by atoms with Crippen LogP contribution in [-0.4, -0.2) is 75.8 Å². The van der Waals surface area contributed by atoms with Crippen LogP contribution in [0.4, 0.5) is 14.9 Å². The van der Waals surface area contributed by atoms with Gasteiger partial charge in [0.25, 0.3) is 0 Å². The number of esters is 2. The summed E-state index contributed by atoms with van der Waals surface area (Å²) >= 11 is 0. The van der Waals surface area contributed by atoms with E-state index in [9.17, 15) is 18.8 Å². The van der Waals surface area contributed by atoms with E-state index in [-0.39, 0.29) is 48.1 Å². The second-order valence-corrected chi connectivity index (χ2v) is 9.55. The highest BCUT2D eigenvalue weighted by Crippen LogP contribution is 2.31. The third kappa shape index (κ3) is 6.66. The SMILES string of the molecule is COC(=O)C1=C(C(=O)OC)N(c2ccc(OCC3CCN(C(=O)OC(C)(C)C)CC3)c(F)c2)COC1. The zero-order valence-electron chi connectivity index (χ0n) is 21.3. The third-order valence-corrected chi connectivity index (χ3v) is 5.80. The molecule has 1 aromatic rings. The molecule has 0 aliphatic carbocycles. The number of anilines is 1. The van der Waals surface area contributed by atoms with Crippen molar-refractivity contribution in [3.05, 3.63) is 35.3 Å². The van der Waals surface area contributed by atoms with E-state index in [0.717, 1.165) is 0 Å². The van der Waals surface area contributed by atoms with E-state index >= 15 is 0 Å². The molecule has 10 nitrogen and oxygen atoms in total. The van der Waals surface area contributed by atoms with Crippen molar-refractivity contribution in [2.45, 2.75) is 39.2 Å². The van der Waals surface area contributed by atoms with Crippen molar-refractivity contribution in [2.75, 3.05) is 52.2 Å². The largest absolute Gasteiger partial charge is 0.490 e. The summed E-state index contributed by atoms with van der Waals surface area (Å²) in [6, 6.07) is 4.23. The van der Waals surface area contributed by atoms with Crippen molar-refractivity contribution in [3.63, 3.8) is 0 Å². The second kappa shape index (κ2) is 11.6. The Hall–Kier alpha value is -3.34. The Morgan fingerprint density at radius 2 is 1.75 bits per heavy atom. The van der Waals surface area contributed by atoms with Crippen molar-refractivity contribution >= 4 is 23.7 Å². The normalized spacial score (nSPS) is 17.1. The molecule has 36 heavy (non-hydrogen) atoms. The molecule has 0 saturated carbocycles. The topological polar surface area (TPSA) is 104 Å². The fourth-order valence-corrected chi connectivity index (χ4v) is 3.94. The van der Waals surface area contributed by atoms with Crippen LogP contribution < -0.4 is 9.64 Å². The molecule has 0 N–H and O–H groups in total. The van der Waals surface area contributed by atoms with E-state index in [4.69, 9.17) is 23.7 Å². The number of benzene rings is 1. The predicted octanol–water partition coefficient (Wildman–Crippen LogP) is 3.25. The first-order valence-electron chi connectivity index (χ1n) is 11.7. The molecule has 2 heterocycles. The monoisotopic (exact) mass is 508 g/mol. The van der Waals surface area contributed by atoms with Crippen LogP contribution in [0.5, 0.6) is 5.75 Å². The van der Waals surface area contributed by atoms with Gasteiger partial charge in [0, 0.05) is 24.8 Å². The fourth-order valence-electron chi connectivity index (χ4n) is 3.94. The molecule has 1 saturated heterocycles.